The smallest absolute Gasteiger partial charge is 0.374 e. The van der Waals surface area contributed by atoms with Crippen LogP contribution >= 0.6 is 27.5 Å². The topological polar surface area (TPSA) is 39.4 Å². The van der Waals surface area contributed by atoms with Gasteiger partial charge < -0.3 is 9.15 Å². The van der Waals surface area contributed by atoms with Gasteiger partial charge in [0.15, 0.2) is 4.67 Å². The summed E-state index contributed by atoms with van der Waals surface area (Å²) in [6, 6.07) is 8.93. The molecule has 0 spiro atoms. The minimum absolute atomic E-state index is 0.165. The van der Waals surface area contributed by atoms with Crippen LogP contribution in [0.2, 0.25) is 5.02 Å². The Kier molecular flexibility index (Phi) is 4.09. The van der Waals surface area contributed by atoms with Crippen molar-refractivity contribution in [1.29, 1.82) is 0 Å². The van der Waals surface area contributed by atoms with E-state index in [-0.39, 0.29) is 5.76 Å². The standard InChI is InChI=1S/C13H10BrClO3/c1-2-17-13(16)11-7-10(12(14)18-11)8-4-3-5-9(15)6-8/h3-7H,2H2,1H3. The molecule has 0 bridgehead atoms. The second-order valence-corrected chi connectivity index (χ2v) is 4.69. The highest BCUT2D eigenvalue weighted by Crippen LogP contribution is 2.33. The van der Waals surface area contributed by atoms with Gasteiger partial charge in [-0.3, -0.25) is 0 Å². The summed E-state index contributed by atoms with van der Waals surface area (Å²) in [6.07, 6.45) is 0. The average Bonchev–Trinajstić information content (AvgIpc) is 2.72. The Labute approximate surface area is 118 Å². The Morgan fingerprint density at radius 1 is 1.44 bits per heavy atom. The normalized spacial score (nSPS) is 10.4. The predicted octanol–water partition coefficient (Wildman–Crippen LogP) is 4.54. The van der Waals surface area contributed by atoms with Gasteiger partial charge in [0.2, 0.25) is 5.76 Å². The lowest BCUT2D eigenvalue weighted by atomic mass is 10.1. The molecule has 0 saturated carbocycles. The molecular formula is C13H10BrClO3. The summed E-state index contributed by atoms with van der Waals surface area (Å²) in [5, 5.41) is 0.623. The minimum Gasteiger partial charge on any atom is -0.460 e. The highest BCUT2D eigenvalue weighted by atomic mass is 79.9. The van der Waals surface area contributed by atoms with Crippen molar-refractivity contribution in [2.75, 3.05) is 6.61 Å². The number of benzene rings is 1. The lowest BCUT2D eigenvalue weighted by Crippen LogP contribution is -2.02. The molecule has 0 aliphatic carbocycles. The van der Waals surface area contributed by atoms with Gasteiger partial charge in [0.05, 0.1) is 6.61 Å². The molecule has 0 amide bonds. The molecule has 1 aromatic carbocycles. The van der Waals surface area contributed by atoms with Gasteiger partial charge in [-0.05, 0) is 40.5 Å². The average molecular weight is 330 g/mol. The first-order chi connectivity index (χ1) is 8.61. The van der Waals surface area contributed by atoms with Crippen molar-refractivity contribution >= 4 is 33.5 Å². The number of halogens is 2. The Balaban J connectivity index is 2.38. The lowest BCUT2D eigenvalue weighted by Gasteiger charge is -1.97. The first-order valence-electron chi connectivity index (χ1n) is 5.34. The van der Waals surface area contributed by atoms with E-state index in [9.17, 15) is 4.79 Å². The number of esters is 1. The Hall–Kier alpha value is -1.26. The SMILES string of the molecule is CCOC(=O)c1cc(-c2cccc(Cl)c2)c(Br)o1. The van der Waals surface area contributed by atoms with Crippen molar-refractivity contribution in [3.05, 3.63) is 45.8 Å². The molecule has 0 radical (unpaired) electrons. The molecule has 1 aromatic heterocycles. The van der Waals surface area contributed by atoms with Crippen molar-refractivity contribution in [2.24, 2.45) is 0 Å². The second-order valence-electron chi connectivity index (χ2n) is 3.53. The van der Waals surface area contributed by atoms with E-state index in [1.165, 1.54) is 0 Å². The Bertz CT molecular complexity index is 577. The molecule has 0 atom stereocenters. The summed E-state index contributed by atoms with van der Waals surface area (Å²) < 4.78 is 10.7. The zero-order chi connectivity index (χ0) is 13.1. The monoisotopic (exact) mass is 328 g/mol. The van der Waals surface area contributed by atoms with Crippen molar-refractivity contribution in [2.45, 2.75) is 6.92 Å². The van der Waals surface area contributed by atoms with Gasteiger partial charge >= 0.3 is 5.97 Å². The van der Waals surface area contributed by atoms with Gasteiger partial charge in [-0.25, -0.2) is 4.79 Å². The fourth-order valence-corrected chi connectivity index (χ4v) is 2.23. The number of ether oxygens (including phenoxy) is 1. The first kappa shape index (κ1) is 13.2. The number of hydrogen-bond donors (Lipinski definition) is 0. The quantitative estimate of drug-likeness (QED) is 0.776. The van der Waals surface area contributed by atoms with Crippen LogP contribution in [0.5, 0.6) is 0 Å². The highest BCUT2D eigenvalue weighted by molar-refractivity contribution is 9.10. The third kappa shape index (κ3) is 2.76. The van der Waals surface area contributed by atoms with Crippen LogP contribution in [0.1, 0.15) is 17.5 Å². The predicted molar refractivity (Wildman–Crippen MR) is 72.8 cm³/mol. The number of carbonyl (C=O) groups is 1. The van der Waals surface area contributed by atoms with E-state index >= 15 is 0 Å². The number of rotatable bonds is 3. The maximum Gasteiger partial charge on any atom is 0.374 e. The fourth-order valence-electron chi connectivity index (χ4n) is 1.52. The third-order valence-electron chi connectivity index (χ3n) is 2.30. The molecule has 0 aliphatic heterocycles. The van der Waals surface area contributed by atoms with Crippen LogP contribution in [0.4, 0.5) is 0 Å². The van der Waals surface area contributed by atoms with Crippen LogP contribution in [-0.2, 0) is 4.74 Å². The first-order valence-corrected chi connectivity index (χ1v) is 6.51. The van der Waals surface area contributed by atoms with Gasteiger partial charge in [-0.1, -0.05) is 23.7 Å². The summed E-state index contributed by atoms with van der Waals surface area (Å²) >= 11 is 9.21. The number of hydrogen-bond acceptors (Lipinski definition) is 3. The van der Waals surface area contributed by atoms with Gasteiger partial charge in [-0.15, -0.1) is 0 Å². The molecule has 5 heteroatoms. The van der Waals surface area contributed by atoms with Crippen molar-refractivity contribution in [1.82, 2.24) is 0 Å². The van der Waals surface area contributed by atoms with Crippen LogP contribution in [0.25, 0.3) is 11.1 Å². The molecule has 0 N–H and O–H groups in total. The van der Waals surface area contributed by atoms with E-state index < -0.39 is 5.97 Å². The molecule has 2 rings (SSSR count). The maximum atomic E-state index is 11.5. The summed E-state index contributed by atoms with van der Waals surface area (Å²) in [4.78, 5) is 11.5. The molecule has 18 heavy (non-hydrogen) atoms. The number of carbonyl (C=O) groups excluding carboxylic acids is 1. The maximum absolute atomic E-state index is 11.5. The van der Waals surface area contributed by atoms with E-state index in [0.29, 0.717) is 16.3 Å². The van der Waals surface area contributed by atoms with Gasteiger partial charge in [0.1, 0.15) is 0 Å². The summed E-state index contributed by atoms with van der Waals surface area (Å²) in [6.45, 7) is 2.05. The molecule has 2 aromatic rings. The van der Waals surface area contributed by atoms with E-state index in [1.54, 1.807) is 25.1 Å². The highest BCUT2D eigenvalue weighted by Gasteiger charge is 2.17. The van der Waals surface area contributed by atoms with Crippen LogP contribution in [0.3, 0.4) is 0 Å². The van der Waals surface area contributed by atoms with Crippen molar-refractivity contribution in [3.8, 4) is 11.1 Å². The largest absolute Gasteiger partial charge is 0.460 e. The number of furan rings is 1. The molecule has 3 nitrogen and oxygen atoms in total. The van der Waals surface area contributed by atoms with Crippen LogP contribution in [0, 0.1) is 0 Å². The van der Waals surface area contributed by atoms with E-state index in [2.05, 4.69) is 15.9 Å². The molecular weight excluding hydrogens is 319 g/mol. The van der Waals surface area contributed by atoms with E-state index in [4.69, 9.17) is 20.8 Å². The summed E-state index contributed by atoms with van der Waals surface area (Å²) in [7, 11) is 0. The van der Waals surface area contributed by atoms with Crippen LogP contribution in [-0.4, -0.2) is 12.6 Å². The fraction of sp³-hybridized carbons (Fsp3) is 0.154. The van der Waals surface area contributed by atoms with Crippen LogP contribution in [0.15, 0.2) is 39.4 Å². The summed E-state index contributed by atoms with van der Waals surface area (Å²) in [5.74, 6) is -0.315. The molecule has 0 unspecified atom stereocenters. The minimum atomic E-state index is -0.480. The Morgan fingerprint density at radius 3 is 2.89 bits per heavy atom. The molecule has 0 saturated heterocycles. The summed E-state index contributed by atoms with van der Waals surface area (Å²) in [5.41, 5.74) is 1.63. The van der Waals surface area contributed by atoms with E-state index in [0.717, 1.165) is 11.1 Å². The molecule has 0 fully saturated rings. The van der Waals surface area contributed by atoms with Crippen LogP contribution < -0.4 is 0 Å². The van der Waals surface area contributed by atoms with Crippen molar-refractivity contribution < 1.29 is 13.9 Å². The van der Waals surface area contributed by atoms with E-state index in [1.807, 2.05) is 12.1 Å². The molecule has 1 heterocycles. The zero-order valence-corrected chi connectivity index (χ0v) is 11.9. The van der Waals surface area contributed by atoms with Gasteiger partial charge in [0, 0.05) is 16.7 Å². The van der Waals surface area contributed by atoms with Gasteiger partial charge in [-0.2, -0.15) is 0 Å². The lowest BCUT2D eigenvalue weighted by molar-refractivity contribution is 0.0488. The zero-order valence-electron chi connectivity index (χ0n) is 9.57. The Morgan fingerprint density at radius 2 is 2.22 bits per heavy atom. The second kappa shape index (κ2) is 5.59. The molecule has 94 valence electrons. The van der Waals surface area contributed by atoms with Crippen molar-refractivity contribution in [3.63, 3.8) is 0 Å². The third-order valence-corrected chi connectivity index (χ3v) is 3.12. The van der Waals surface area contributed by atoms with Gasteiger partial charge in [0.25, 0.3) is 0 Å². The molecule has 0 aliphatic rings.